The molecule has 0 aliphatic carbocycles. The van der Waals surface area contributed by atoms with Crippen LogP contribution in [0.3, 0.4) is 0 Å². The highest BCUT2D eigenvalue weighted by Gasteiger charge is 2.01. The van der Waals surface area contributed by atoms with Crippen molar-refractivity contribution in [2.45, 2.75) is 9.92 Å². The van der Waals surface area contributed by atoms with E-state index in [1.165, 1.54) is 0 Å². The van der Waals surface area contributed by atoms with Gasteiger partial charge in [0.25, 0.3) is 0 Å². The van der Waals surface area contributed by atoms with Gasteiger partial charge in [-0.1, -0.05) is 35.1 Å². The van der Waals surface area contributed by atoms with E-state index in [0.29, 0.717) is 5.56 Å². The van der Waals surface area contributed by atoms with Crippen LogP contribution in [0, 0.1) is 0 Å². The van der Waals surface area contributed by atoms with Crippen LogP contribution in [0.15, 0.2) is 63.7 Å². The monoisotopic (exact) mass is 245 g/mol. The van der Waals surface area contributed by atoms with Crippen LogP contribution in [0.25, 0.3) is 0 Å². The zero-order valence-electron chi connectivity index (χ0n) is 8.95. The van der Waals surface area contributed by atoms with Crippen LogP contribution < -0.4 is 5.73 Å². The second-order valence-electron chi connectivity index (χ2n) is 3.28. The molecule has 0 aliphatic heterocycles. The number of pyridine rings is 1. The van der Waals surface area contributed by atoms with E-state index in [-0.39, 0.29) is 5.84 Å². The van der Waals surface area contributed by atoms with Crippen molar-refractivity contribution in [3.63, 3.8) is 0 Å². The summed E-state index contributed by atoms with van der Waals surface area (Å²) >= 11 is 1.56. The molecule has 1 aromatic heterocycles. The summed E-state index contributed by atoms with van der Waals surface area (Å²) in [6, 6.07) is 13.2. The Morgan fingerprint density at radius 3 is 2.53 bits per heavy atom. The third kappa shape index (κ3) is 2.98. The number of hydrogen-bond donors (Lipinski definition) is 2. The molecule has 0 saturated heterocycles. The third-order valence-corrected chi connectivity index (χ3v) is 3.08. The van der Waals surface area contributed by atoms with Crippen molar-refractivity contribution >= 4 is 17.6 Å². The smallest absolute Gasteiger partial charge is 0.170 e. The van der Waals surface area contributed by atoms with Gasteiger partial charge in [-0.2, -0.15) is 0 Å². The molecule has 0 amide bonds. The summed E-state index contributed by atoms with van der Waals surface area (Å²) in [6.45, 7) is 0. The minimum atomic E-state index is 0.111. The lowest BCUT2D eigenvalue weighted by molar-refractivity contribution is 0.318. The highest BCUT2D eigenvalue weighted by molar-refractivity contribution is 7.99. The van der Waals surface area contributed by atoms with Gasteiger partial charge in [0.15, 0.2) is 5.84 Å². The lowest BCUT2D eigenvalue weighted by atomic mass is 10.2. The molecular weight excluding hydrogens is 234 g/mol. The summed E-state index contributed by atoms with van der Waals surface area (Å²) in [5.41, 5.74) is 6.17. The Bertz CT molecular complexity index is 511. The predicted molar refractivity (Wildman–Crippen MR) is 67.3 cm³/mol. The number of amidine groups is 1. The highest BCUT2D eigenvalue weighted by Crippen LogP contribution is 2.25. The maximum atomic E-state index is 8.54. The Morgan fingerprint density at radius 2 is 1.94 bits per heavy atom. The number of hydrogen-bond acceptors (Lipinski definition) is 4. The average molecular weight is 245 g/mol. The van der Waals surface area contributed by atoms with E-state index in [1.807, 2.05) is 30.3 Å². The zero-order valence-corrected chi connectivity index (χ0v) is 9.76. The molecule has 0 spiro atoms. The number of rotatable bonds is 3. The quantitative estimate of drug-likeness (QED) is 0.377. The van der Waals surface area contributed by atoms with Gasteiger partial charge >= 0.3 is 0 Å². The van der Waals surface area contributed by atoms with Crippen molar-refractivity contribution < 1.29 is 5.21 Å². The van der Waals surface area contributed by atoms with E-state index in [1.54, 1.807) is 30.1 Å². The van der Waals surface area contributed by atoms with Crippen LogP contribution in [0.1, 0.15) is 5.56 Å². The minimum absolute atomic E-state index is 0.111. The Kier molecular flexibility index (Phi) is 3.62. The molecular formula is C12H11N3OS. The van der Waals surface area contributed by atoms with E-state index < -0.39 is 0 Å². The van der Waals surface area contributed by atoms with Gasteiger partial charge in [0.2, 0.25) is 0 Å². The molecule has 0 radical (unpaired) electrons. The van der Waals surface area contributed by atoms with Crippen molar-refractivity contribution in [2.24, 2.45) is 10.9 Å². The van der Waals surface area contributed by atoms with Gasteiger partial charge in [0, 0.05) is 16.7 Å². The Balaban J connectivity index is 2.14. The first kappa shape index (κ1) is 11.5. The molecule has 0 bridgehead atoms. The molecule has 1 heterocycles. The van der Waals surface area contributed by atoms with Crippen molar-refractivity contribution in [3.05, 3.63) is 54.2 Å². The normalized spacial score (nSPS) is 11.4. The van der Waals surface area contributed by atoms with E-state index in [0.717, 1.165) is 9.92 Å². The van der Waals surface area contributed by atoms with Crippen LogP contribution in [-0.2, 0) is 0 Å². The largest absolute Gasteiger partial charge is 0.409 e. The van der Waals surface area contributed by atoms with Gasteiger partial charge in [-0.15, -0.1) is 0 Å². The molecule has 0 unspecified atom stereocenters. The third-order valence-electron chi connectivity index (χ3n) is 2.12. The van der Waals surface area contributed by atoms with E-state index in [9.17, 15) is 0 Å². The number of aromatic nitrogens is 1. The highest BCUT2D eigenvalue weighted by atomic mass is 32.2. The molecule has 3 N–H and O–H groups in total. The Morgan fingerprint density at radius 1 is 1.18 bits per heavy atom. The first-order valence-corrected chi connectivity index (χ1v) is 5.78. The fourth-order valence-corrected chi connectivity index (χ4v) is 2.05. The SMILES string of the molecule is N/C(=N\O)c1ccc(Sc2ccccn2)cc1. The summed E-state index contributed by atoms with van der Waals surface area (Å²) in [5, 5.41) is 12.4. The molecule has 2 aromatic rings. The molecule has 2 rings (SSSR count). The second-order valence-corrected chi connectivity index (χ2v) is 4.37. The van der Waals surface area contributed by atoms with E-state index in [2.05, 4.69) is 10.1 Å². The summed E-state index contributed by atoms with van der Waals surface area (Å²) in [4.78, 5) is 5.28. The van der Waals surface area contributed by atoms with E-state index >= 15 is 0 Å². The summed E-state index contributed by atoms with van der Waals surface area (Å²) < 4.78 is 0. The second kappa shape index (κ2) is 5.36. The van der Waals surface area contributed by atoms with Crippen LogP contribution in [0.5, 0.6) is 0 Å². The first-order valence-electron chi connectivity index (χ1n) is 4.96. The van der Waals surface area contributed by atoms with Gasteiger partial charge in [0.1, 0.15) is 5.03 Å². The molecule has 86 valence electrons. The molecule has 0 aliphatic rings. The van der Waals surface area contributed by atoms with Crippen LogP contribution in [0.2, 0.25) is 0 Å². The van der Waals surface area contributed by atoms with Crippen LogP contribution >= 0.6 is 11.8 Å². The molecule has 1 aromatic carbocycles. The summed E-state index contributed by atoms with van der Waals surface area (Å²) in [6.07, 6.45) is 1.76. The maximum absolute atomic E-state index is 8.54. The summed E-state index contributed by atoms with van der Waals surface area (Å²) in [5.74, 6) is 0.111. The van der Waals surface area contributed by atoms with Crippen molar-refractivity contribution in [2.75, 3.05) is 0 Å². The van der Waals surface area contributed by atoms with Gasteiger partial charge in [0.05, 0.1) is 0 Å². The number of nitrogens with two attached hydrogens (primary N) is 1. The lowest BCUT2D eigenvalue weighted by Gasteiger charge is -2.02. The molecule has 0 saturated carbocycles. The predicted octanol–water partition coefficient (Wildman–Crippen LogP) is 2.33. The van der Waals surface area contributed by atoms with Gasteiger partial charge in [-0.3, -0.25) is 0 Å². The van der Waals surface area contributed by atoms with Gasteiger partial charge in [-0.25, -0.2) is 4.98 Å². The van der Waals surface area contributed by atoms with Crippen LogP contribution in [0.4, 0.5) is 0 Å². The zero-order chi connectivity index (χ0) is 12.1. The van der Waals surface area contributed by atoms with Crippen molar-refractivity contribution in [1.82, 2.24) is 4.98 Å². The minimum Gasteiger partial charge on any atom is -0.409 e. The number of nitrogens with zero attached hydrogens (tertiary/aromatic N) is 2. The summed E-state index contributed by atoms with van der Waals surface area (Å²) in [7, 11) is 0. The number of oxime groups is 1. The van der Waals surface area contributed by atoms with Gasteiger partial charge < -0.3 is 10.9 Å². The van der Waals surface area contributed by atoms with Crippen molar-refractivity contribution in [3.8, 4) is 0 Å². The maximum Gasteiger partial charge on any atom is 0.170 e. The average Bonchev–Trinajstić information content (AvgIpc) is 2.40. The molecule has 0 fully saturated rings. The first-order chi connectivity index (χ1) is 8.29. The lowest BCUT2D eigenvalue weighted by Crippen LogP contribution is -2.12. The fourth-order valence-electron chi connectivity index (χ4n) is 1.28. The van der Waals surface area contributed by atoms with Gasteiger partial charge in [-0.05, 0) is 24.3 Å². The molecule has 5 heteroatoms. The standard InChI is InChI=1S/C12H11N3OS/c13-12(15-16)9-4-6-10(7-5-9)17-11-3-1-2-8-14-11/h1-8,16H,(H2,13,15). The molecule has 17 heavy (non-hydrogen) atoms. The fraction of sp³-hybridized carbons (Fsp3) is 0. The molecule has 0 atom stereocenters. The van der Waals surface area contributed by atoms with Crippen LogP contribution in [-0.4, -0.2) is 16.0 Å². The Labute approximate surface area is 103 Å². The Hall–Kier alpha value is -2.01. The number of benzene rings is 1. The molecule has 4 nitrogen and oxygen atoms in total. The van der Waals surface area contributed by atoms with E-state index in [4.69, 9.17) is 10.9 Å². The topological polar surface area (TPSA) is 71.5 Å². The van der Waals surface area contributed by atoms with Crippen molar-refractivity contribution in [1.29, 1.82) is 0 Å².